The molecular weight excluding hydrogens is 264 g/mol. The molecule has 1 heterocycles. The van der Waals surface area contributed by atoms with Gasteiger partial charge in [-0.1, -0.05) is 20.8 Å². The number of aromatic nitrogens is 2. The maximum atomic E-state index is 12.6. The fraction of sp³-hybridized carbons (Fsp3) is 0.750. The molecule has 1 aromatic heterocycles. The van der Waals surface area contributed by atoms with E-state index in [0.29, 0.717) is 12.0 Å². The lowest BCUT2D eigenvalue weighted by Crippen LogP contribution is -2.50. The van der Waals surface area contributed by atoms with E-state index in [1.165, 1.54) is 0 Å². The third kappa shape index (κ3) is 3.12. The summed E-state index contributed by atoms with van der Waals surface area (Å²) in [6, 6.07) is 0.479. The standard InChI is InChI=1S/C16H28N4O/c1-10(2)20-9-12(8-18-20)19-15(21)13-6-7-14(17)11(3)16(13,4)5/h8-11,13-14H,6-7,17H2,1-5H3,(H,19,21). The van der Waals surface area contributed by atoms with Gasteiger partial charge in [-0.05, 0) is 38.0 Å². The summed E-state index contributed by atoms with van der Waals surface area (Å²) in [6.45, 7) is 10.6. The highest BCUT2D eigenvalue weighted by molar-refractivity contribution is 5.92. The number of amides is 1. The summed E-state index contributed by atoms with van der Waals surface area (Å²) in [5, 5.41) is 7.27. The Balaban J connectivity index is 2.08. The molecule has 1 aromatic rings. The van der Waals surface area contributed by atoms with Gasteiger partial charge in [-0.15, -0.1) is 0 Å². The van der Waals surface area contributed by atoms with E-state index in [0.717, 1.165) is 18.5 Å². The summed E-state index contributed by atoms with van der Waals surface area (Å²) in [5.74, 6) is 0.414. The molecule has 0 aromatic carbocycles. The summed E-state index contributed by atoms with van der Waals surface area (Å²) in [6.07, 6.45) is 5.35. The summed E-state index contributed by atoms with van der Waals surface area (Å²) in [4.78, 5) is 12.6. The Morgan fingerprint density at radius 1 is 1.48 bits per heavy atom. The van der Waals surface area contributed by atoms with Crippen molar-refractivity contribution in [3.05, 3.63) is 12.4 Å². The number of hydrogen-bond acceptors (Lipinski definition) is 3. The number of nitrogens with one attached hydrogen (secondary N) is 1. The second-order valence-corrected chi connectivity index (χ2v) is 7.20. The molecule has 1 aliphatic rings. The van der Waals surface area contributed by atoms with Crippen molar-refractivity contribution in [3.8, 4) is 0 Å². The van der Waals surface area contributed by atoms with Crippen LogP contribution in [0.3, 0.4) is 0 Å². The van der Waals surface area contributed by atoms with Crippen LogP contribution < -0.4 is 11.1 Å². The predicted molar refractivity (Wildman–Crippen MR) is 84.9 cm³/mol. The zero-order valence-electron chi connectivity index (χ0n) is 13.8. The van der Waals surface area contributed by atoms with Crippen LogP contribution in [0.1, 0.15) is 53.5 Å². The molecule has 0 radical (unpaired) electrons. The Kier molecular flexibility index (Phi) is 4.42. The largest absolute Gasteiger partial charge is 0.327 e. The summed E-state index contributed by atoms with van der Waals surface area (Å²) < 4.78 is 1.85. The van der Waals surface area contributed by atoms with Crippen molar-refractivity contribution >= 4 is 11.6 Å². The number of nitrogens with zero attached hydrogens (tertiary/aromatic N) is 2. The number of rotatable bonds is 3. The van der Waals surface area contributed by atoms with Gasteiger partial charge in [0.05, 0.1) is 11.9 Å². The van der Waals surface area contributed by atoms with Crippen LogP contribution >= 0.6 is 0 Å². The van der Waals surface area contributed by atoms with Crippen molar-refractivity contribution in [2.75, 3.05) is 5.32 Å². The SMILES string of the molecule is CC(C)n1cc(NC(=O)C2CCC(N)C(C)C2(C)C)cn1. The summed E-state index contributed by atoms with van der Waals surface area (Å²) in [5.41, 5.74) is 6.84. The van der Waals surface area contributed by atoms with E-state index in [1.807, 2.05) is 10.9 Å². The van der Waals surface area contributed by atoms with Gasteiger partial charge < -0.3 is 11.1 Å². The van der Waals surface area contributed by atoms with E-state index in [2.05, 4.69) is 45.0 Å². The molecule has 3 atom stereocenters. The Morgan fingerprint density at radius 3 is 2.71 bits per heavy atom. The normalized spacial score (nSPS) is 28.6. The van der Waals surface area contributed by atoms with E-state index in [4.69, 9.17) is 5.73 Å². The first-order chi connectivity index (χ1) is 9.73. The first-order valence-corrected chi connectivity index (χ1v) is 7.84. The number of anilines is 1. The van der Waals surface area contributed by atoms with E-state index < -0.39 is 0 Å². The molecule has 21 heavy (non-hydrogen) atoms. The molecule has 3 unspecified atom stereocenters. The molecule has 1 amide bonds. The van der Waals surface area contributed by atoms with Crippen LogP contribution in [-0.2, 0) is 4.79 Å². The number of carbonyl (C=O) groups excluding carboxylic acids is 1. The molecule has 5 heteroatoms. The molecule has 1 fully saturated rings. The number of hydrogen-bond donors (Lipinski definition) is 2. The van der Waals surface area contributed by atoms with Gasteiger partial charge in [0.2, 0.25) is 5.91 Å². The summed E-state index contributed by atoms with van der Waals surface area (Å²) >= 11 is 0. The van der Waals surface area contributed by atoms with E-state index >= 15 is 0 Å². The first kappa shape index (κ1) is 16.0. The van der Waals surface area contributed by atoms with Crippen LogP contribution in [0.5, 0.6) is 0 Å². The lowest BCUT2D eigenvalue weighted by Gasteiger charge is -2.45. The molecule has 0 bridgehead atoms. The smallest absolute Gasteiger partial charge is 0.228 e. The third-order valence-corrected chi connectivity index (χ3v) is 5.22. The molecule has 3 N–H and O–H groups in total. The van der Waals surface area contributed by atoms with Gasteiger partial charge in [0.25, 0.3) is 0 Å². The molecule has 0 spiro atoms. The Hall–Kier alpha value is -1.36. The van der Waals surface area contributed by atoms with E-state index in [1.54, 1.807) is 6.20 Å². The molecule has 118 valence electrons. The van der Waals surface area contributed by atoms with Crippen LogP contribution in [0, 0.1) is 17.3 Å². The monoisotopic (exact) mass is 292 g/mol. The van der Waals surface area contributed by atoms with Gasteiger partial charge in [0.1, 0.15) is 0 Å². The van der Waals surface area contributed by atoms with Gasteiger partial charge >= 0.3 is 0 Å². The number of carbonyl (C=O) groups is 1. The predicted octanol–water partition coefficient (Wildman–Crippen LogP) is 2.80. The molecule has 5 nitrogen and oxygen atoms in total. The van der Waals surface area contributed by atoms with Crippen molar-refractivity contribution in [2.24, 2.45) is 23.0 Å². The van der Waals surface area contributed by atoms with Crippen molar-refractivity contribution in [1.82, 2.24) is 9.78 Å². The van der Waals surface area contributed by atoms with Crippen LogP contribution in [0.15, 0.2) is 12.4 Å². The van der Waals surface area contributed by atoms with Crippen molar-refractivity contribution in [2.45, 2.75) is 59.5 Å². The van der Waals surface area contributed by atoms with E-state index in [9.17, 15) is 4.79 Å². The van der Waals surface area contributed by atoms with Gasteiger partial charge in [0, 0.05) is 24.2 Å². The second-order valence-electron chi connectivity index (χ2n) is 7.20. The number of nitrogens with two attached hydrogens (primary N) is 1. The van der Waals surface area contributed by atoms with Crippen LogP contribution in [0.2, 0.25) is 0 Å². The van der Waals surface area contributed by atoms with Gasteiger partial charge in [-0.2, -0.15) is 5.10 Å². The van der Waals surface area contributed by atoms with Crippen molar-refractivity contribution < 1.29 is 4.79 Å². The van der Waals surface area contributed by atoms with Crippen molar-refractivity contribution in [1.29, 1.82) is 0 Å². The van der Waals surface area contributed by atoms with Gasteiger partial charge in [0.15, 0.2) is 0 Å². The van der Waals surface area contributed by atoms with Gasteiger partial charge in [-0.3, -0.25) is 9.48 Å². The zero-order chi connectivity index (χ0) is 15.8. The molecule has 0 saturated heterocycles. The molecule has 1 aliphatic carbocycles. The highest BCUT2D eigenvalue weighted by Gasteiger charge is 2.45. The fourth-order valence-corrected chi connectivity index (χ4v) is 3.23. The Morgan fingerprint density at radius 2 is 2.14 bits per heavy atom. The Bertz CT molecular complexity index is 506. The average Bonchev–Trinajstić information content (AvgIpc) is 2.84. The highest BCUT2D eigenvalue weighted by Crippen LogP contribution is 2.44. The molecular formula is C16H28N4O. The van der Waals surface area contributed by atoms with Crippen LogP contribution in [0.25, 0.3) is 0 Å². The first-order valence-electron chi connectivity index (χ1n) is 7.84. The van der Waals surface area contributed by atoms with E-state index in [-0.39, 0.29) is 23.3 Å². The maximum absolute atomic E-state index is 12.6. The summed E-state index contributed by atoms with van der Waals surface area (Å²) in [7, 11) is 0. The highest BCUT2D eigenvalue weighted by atomic mass is 16.1. The average molecular weight is 292 g/mol. The van der Waals surface area contributed by atoms with Crippen molar-refractivity contribution in [3.63, 3.8) is 0 Å². The lowest BCUT2D eigenvalue weighted by atomic mass is 9.61. The second kappa shape index (κ2) is 5.79. The topological polar surface area (TPSA) is 72.9 Å². The van der Waals surface area contributed by atoms with Gasteiger partial charge in [-0.25, -0.2) is 0 Å². The zero-order valence-corrected chi connectivity index (χ0v) is 13.8. The van der Waals surface area contributed by atoms with Crippen LogP contribution in [0.4, 0.5) is 5.69 Å². The lowest BCUT2D eigenvalue weighted by molar-refractivity contribution is -0.127. The third-order valence-electron chi connectivity index (χ3n) is 5.22. The maximum Gasteiger partial charge on any atom is 0.228 e. The fourth-order valence-electron chi connectivity index (χ4n) is 3.23. The van der Waals surface area contributed by atoms with Crippen LogP contribution in [-0.4, -0.2) is 21.7 Å². The minimum absolute atomic E-state index is 0.00491. The quantitative estimate of drug-likeness (QED) is 0.899. The minimum Gasteiger partial charge on any atom is -0.327 e. The minimum atomic E-state index is -0.0875. The molecule has 0 aliphatic heterocycles. The Labute approximate surface area is 127 Å². The molecule has 2 rings (SSSR count). The molecule has 1 saturated carbocycles.